The Hall–Kier alpha value is -4.07. The molecule has 0 bridgehead atoms. The number of hydrogen-bond donors (Lipinski definition) is 1. The number of aromatic nitrogens is 2. The summed E-state index contributed by atoms with van der Waals surface area (Å²) in [7, 11) is 0. The first-order valence-electron chi connectivity index (χ1n) is 11.1. The number of aryl methyl sites for hydroxylation is 2. The van der Waals surface area contributed by atoms with Crippen molar-refractivity contribution in [1.82, 2.24) is 9.97 Å². The number of nitrogens with one attached hydrogen (secondary N) is 1. The highest BCUT2D eigenvalue weighted by molar-refractivity contribution is 6.00. The summed E-state index contributed by atoms with van der Waals surface area (Å²) in [5, 5.41) is 0.769. The van der Waals surface area contributed by atoms with E-state index in [-0.39, 0.29) is 35.1 Å². The van der Waals surface area contributed by atoms with Crippen LogP contribution in [0.15, 0.2) is 41.2 Å². The number of carbonyl (C=O) groups is 1. The van der Waals surface area contributed by atoms with E-state index >= 15 is 0 Å². The zero-order valence-corrected chi connectivity index (χ0v) is 20.0. The van der Waals surface area contributed by atoms with Gasteiger partial charge >= 0.3 is 5.97 Å². The fraction of sp³-hybridized carbons (Fsp3) is 0.222. The largest absolute Gasteiger partial charge is 0.462 e. The Morgan fingerprint density at radius 1 is 1.00 bits per heavy atom. The van der Waals surface area contributed by atoms with Crippen molar-refractivity contribution in [3.63, 3.8) is 0 Å². The molecule has 0 aliphatic heterocycles. The third-order valence-corrected chi connectivity index (χ3v) is 6.04. The molecule has 8 heteroatoms. The van der Waals surface area contributed by atoms with Crippen molar-refractivity contribution in [2.45, 2.75) is 34.6 Å². The lowest BCUT2D eigenvalue weighted by atomic mass is 9.96. The predicted molar refractivity (Wildman–Crippen MR) is 129 cm³/mol. The first-order chi connectivity index (χ1) is 16.6. The van der Waals surface area contributed by atoms with E-state index in [9.17, 15) is 18.4 Å². The summed E-state index contributed by atoms with van der Waals surface area (Å²) in [5.41, 5.74) is 2.03. The van der Waals surface area contributed by atoms with Gasteiger partial charge in [0.2, 0.25) is 5.88 Å². The van der Waals surface area contributed by atoms with E-state index in [1.54, 1.807) is 26.8 Å². The number of para-hydroxylation sites is 1. The van der Waals surface area contributed by atoms with Crippen molar-refractivity contribution in [3.05, 3.63) is 86.2 Å². The maximum atomic E-state index is 14.3. The molecule has 4 rings (SSSR count). The number of rotatable bonds is 5. The summed E-state index contributed by atoms with van der Waals surface area (Å²) >= 11 is 0. The summed E-state index contributed by atoms with van der Waals surface area (Å²) < 4.78 is 39.2. The first-order valence-corrected chi connectivity index (χ1v) is 11.1. The average Bonchev–Trinajstić information content (AvgIpc) is 2.83. The SMILES string of the molecule is CCOC(=O)c1c(-c2c(Oc3ccc(F)c(F)c3C)nc3ccccc3c2C)[nH]c(C)c(C)c1=O. The lowest BCUT2D eigenvalue weighted by Crippen LogP contribution is -2.23. The number of benzene rings is 2. The van der Waals surface area contributed by atoms with Crippen LogP contribution in [0.4, 0.5) is 8.78 Å². The van der Waals surface area contributed by atoms with Crippen LogP contribution in [0.25, 0.3) is 22.2 Å². The molecule has 0 atom stereocenters. The van der Waals surface area contributed by atoms with Gasteiger partial charge < -0.3 is 14.5 Å². The van der Waals surface area contributed by atoms with Crippen LogP contribution in [0.3, 0.4) is 0 Å². The van der Waals surface area contributed by atoms with Crippen molar-refractivity contribution < 1.29 is 23.0 Å². The van der Waals surface area contributed by atoms with Crippen molar-refractivity contribution >= 4 is 16.9 Å². The number of H-pyrrole nitrogens is 1. The van der Waals surface area contributed by atoms with Crippen LogP contribution in [0.1, 0.15) is 39.7 Å². The molecule has 2 aromatic carbocycles. The van der Waals surface area contributed by atoms with Crippen LogP contribution < -0.4 is 10.2 Å². The van der Waals surface area contributed by atoms with Crippen LogP contribution in [0.5, 0.6) is 11.6 Å². The smallest absolute Gasteiger partial charge is 0.344 e. The van der Waals surface area contributed by atoms with Crippen LogP contribution >= 0.6 is 0 Å². The van der Waals surface area contributed by atoms with Gasteiger partial charge in [0.1, 0.15) is 11.3 Å². The van der Waals surface area contributed by atoms with Crippen molar-refractivity contribution in [2.24, 2.45) is 0 Å². The zero-order chi connectivity index (χ0) is 25.4. The van der Waals surface area contributed by atoms with E-state index in [2.05, 4.69) is 9.97 Å². The molecular weight excluding hydrogens is 454 g/mol. The Morgan fingerprint density at radius 2 is 1.71 bits per heavy atom. The summed E-state index contributed by atoms with van der Waals surface area (Å²) in [6.45, 7) is 8.27. The molecule has 0 aliphatic carbocycles. The van der Waals surface area contributed by atoms with Crippen molar-refractivity contribution in [1.29, 1.82) is 0 Å². The molecule has 35 heavy (non-hydrogen) atoms. The lowest BCUT2D eigenvalue weighted by Gasteiger charge is -2.19. The van der Waals surface area contributed by atoms with Gasteiger partial charge in [0.25, 0.3) is 0 Å². The summed E-state index contributed by atoms with van der Waals surface area (Å²) in [6, 6.07) is 9.56. The molecule has 0 saturated carbocycles. The molecule has 0 saturated heterocycles. The normalized spacial score (nSPS) is 11.1. The van der Waals surface area contributed by atoms with Gasteiger partial charge in [-0.1, -0.05) is 18.2 Å². The highest BCUT2D eigenvalue weighted by Gasteiger charge is 2.27. The minimum Gasteiger partial charge on any atom is -0.462 e. The summed E-state index contributed by atoms with van der Waals surface area (Å²) in [4.78, 5) is 33.9. The highest BCUT2D eigenvalue weighted by Crippen LogP contribution is 2.39. The minimum absolute atomic E-state index is 0.0276. The number of halogens is 2. The third kappa shape index (κ3) is 4.16. The number of esters is 1. The van der Waals surface area contributed by atoms with Crippen LogP contribution in [0, 0.1) is 39.3 Å². The van der Waals surface area contributed by atoms with Gasteiger partial charge in [0.05, 0.1) is 23.4 Å². The number of pyridine rings is 2. The number of aromatic amines is 1. The molecule has 0 spiro atoms. The number of fused-ring (bicyclic) bond motifs is 1. The molecule has 0 radical (unpaired) electrons. The van der Waals surface area contributed by atoms with Gasteiger partial charge in [0.15, 0.2) is 17.1 Å². The monoisotopic (exact) mass is 478 g/mol. The van der Waals surface area contributed by atoms with Crippen LogP contribution in [-0.4, -0.2) is 22.5 Å². The topological polar surface area (TPSA) is 81.3 Å². The molecule has 0 fully saturated rings. The molecule has 180 valence electrons. The Bertz CT molecular complexity index is 1540. The maximum Gasteiger partial charge on any atom is 0.344 e. The molecule has 1 N–H and O–H groups in total. The molecular formula is C27H24F2N2O4. The highest BCUT2D eigenvalue weighted by atomic mass is 19.2. The quantitative estimate of drug-likeness (QED) is 0.352. The van der Waals surface area contributed by atoms with E-state index in [0.717, 1.165) is 11.5 Å². The van der Waals surface area contributed by atoms with Gasteiger partial charge in [-0.05, 0) is 58.4 Å². The molecule has 4 aromatic rings. The molecule has 6 nitrogen and oxygen atoms in total. The minimum atomic E-state index is -1.03. The maximum absolute atomic E-state index is 14.3. The summed E-state index contributed by atoms with van der Waals surface area (Å²) in [6.07, 6.45) is 0. The van der Waals surface area contributed by atoms with Gasteiger partial charge in [-0.15, -0.1) is 0 Å². The fourth-order valence-corrected chi connectivity index (χ4v) is 3.97. The second kappa shape index (κ2) is 9.29. The van der Waals surface area contributed by atoms with Gasteiger partial charge in [0, 0.05) is 22.2 Å². The van der Waals surface area contributed by atoms with Gasteiger partial charge in [-0.25, -0.2) is 18.6 Å². The van der Waals surface area contributed by atoms with Crippen molar-refractivity contribution in [3.8, 4) is 22.9 Å². The third-order valence-electron chi connectivity index (χ3n) is 6.04. The Labute approximate surface area is 200 Å². The van der Waals surface area contributed by atoms with E-state index in [0.29, 0.717) is 27.9 Å². The molecule has 0 unspecified atom stereocenters. The lowest BCUT2D eigenvalue weighted by molar-refractivity contribution is 0.0525. The molecule has 0 aliphatic rings. The Morgan fingerprint density at radius 3 is 2.43 bits per heavy atom. The molecule has 0 amide bonds. The van der Waals surface area contributed by atoms with Gasteiger partial charge in [-0.2, -0.15) is 0 Å². The van der Waals surface area contributed by atoms with E-state index in [1.807, 2.05) is 25.1 Å². The van der Waals surface area contributed by atoms with Crippen molar-refractivity contribution in [2.75, 3.05) is 6.61 Å². The van der Waals surface area contributed by atoms with E-state index < -0.39 is 23.0 Å². The van der Waals surface area contributed by atoms with E-state index in [1.165, 1.54) is 13.0 Å². The average molecular weight is 478 g/mol. The molecule has 2 aromatic heterocycles. The van der Waals surface area contributed by atoms with Crippen LogP contribution in [0.2, 0.25) is 0 Å². The number of ether oxygens (including phenoxy) is 2. The number of nitrogens with zero attached hydrogens (tertiary/aromatic N) is 1. The van der Waals surface area contributed by atoms with E-state index in [4.69, 9.17) is 9.47 Å². The second-order valence-electron chi connectivity index (χ2n) is 8.20. The number of hydrogen-bond acceptors (Lipinski definition) is 5. The number of carbonyl (C=O) groups excluding carboxylic acids is 1. The standard InChI is InChI=1S/C27H24F2N2O4/c1-6-34-27(33)22-24(30-16(5)13(2)25(22)32)21-14(3)17-9-7-8-10-19(17)31-26(21)35-20-12-11-18(28)23(29)15(20)4/h7-12H,6H2,1-5H3,(H,30,32). The van der Waals surface area contributed by atoms with Gasteiger partial charge in [-0.3, -0.25) is 4.79 Å². The second-order valence-corrected chi connectivity index (χ2v) is 8.20. The first kappa shape index (κ1) is 24.1. The predicted octanol–water partition coefficient (Wildman–Crippen LogP) is 6.07. The Kier molecular flexibility index (Phi) is 6.39. The molecule has 2 heterocycles. The fourth-order valence-electron chi connectivity index (χ4n) is 3.97. The van der Waals surface area contributed by atoms with Crippen LogP contribution in [-0.2, 0) is 4.74 Å². The summed E-state index contributed by atoms with van der Waals surface area (Å²) in [5.74, 6) is -2.74. The zero-order valence-electron chi connectivity index (χ0n) is 20.0. The Balaban J connectivity index is 2.09.